The predicted octanol–water partition coefficient (Wildman–Crippen LogP) is 2.78. The molecule has 1 aliphatic heterocycles. The molecular weight excluding hydrogens is 389 g/mol. The Kier molecular flexibility index (Phi) is 9.47. The van der Waals surface area contributed by atoms with E-state index in [1.54, 1.807) is 7.11 Å². The third kappa shape index (κ3) is 6.12. The van der Waals surface area contributed by atoms with Gasteiger partial charge >= 0.3 is 0 Å². The predicted molar refractivity (Wildman–Crippen MR) is 103 cm³/mol. The summed E-state index contributed by atoms with van der Waals surface area (Å²) in [7, 11) is 3.57. The molecule has 1 aromatic carbocycles. The van der Waals surface area contributed by atoms with Gasteiger partial charge in [0.15, 0.2) is 5.96 Å². The van der Waals surface area contributed by atoms with Crippen LogP contribution in [0.5, 0.6) is 0 Å². The summed E-state index contributed by atoms with van der Waals surface area (Å²) in [6.07, 6.45) is 3.67. The van der Waals surface area contributed by atoms with Crippen LogP contribution in [-0.4, -0.2) is 51.3 Å². The fourth-order valence-corrected chi connectivity index (χ4v) is 2.89. The van der Waals surface area contributed by atoms with Crippen molar-refractivity contribution in [3.63, 3.8) is 0 Å². The topological polar surface area (TPSA) is 36.9 Å². The van der Waals surface area contributed by atoms with Crippen LogP contribution >= 0.6 is 24.0 Å². The van der Waals surface area contributed by atoms with E-state index >= 15 is 0 Å². The van der Waals surface area contributed by atoms with Gasteiger partial charge < -0.3 is 15.0 Å². The van der Waals surface area contributed by atoms with Crippen LogP contribution < -0.4 is 5.32 Å². The van der Waals surface area contributed by atoms with E-state index in [9.17, 15) is 0 Å². The van der Waals surface area contributed by atoms with E-state index in [-0.39, 0.29) is 24.0 Å². The molecule has 124 valence electrons. The molecule has 22 heavy (non-hydrogen) atoms. The van der Waals surface area contributed by atoms with Gasteiger partial charge in [0, 0.05) is 33.8 Å². The molecule has 5 heteroatoms. The van der Waals surface area contributed by atoms with Crippen molar-refractivity contribution in [3.8, 4) is 0 Å². The lowest BCUT2D eigenvalue weighted by Gasteiger charge is -2.34. The van der Waals surface area contributed by atoms with Crippen LogP contribution in [0, 0.1) is 5.92 Å². The summed E-state index contributed by atoms with van der Waals surface area (Å²) >= 11 is 0. The zero-order chi connectivity index (χ0) is 14.9. The summed E-state index contributed by atoms with van der Waals surface area (Å²) in [4.78, 5) is 6.73. The first-order valence-electron chi connectivity index (χ1n) is 7.82. The molecule has 1 fully saturated rings. The second-order valence-electron chi connectivity index (χ2n) is 5.59. The molecule has 0 saturated carbocycles. The van der Waals surface area contributed by atoms with Crippen molar-refractivity contribution in [1.29, 1.82) is 0 Å². The zero-order valence-corrected chi connectivity index (χ0v) is 16.0. The summed E-state index contributed by atoms with van der Waals surface area (Å²) in [5.74, 6) is 1.80. The fraction of sp³-hybridized carbons (Fsp3) is 0.588. The number of halogens is 1. The van der Waals surface area contributed by atoms with Gasteiger partial charge in [-0.05, 0) is 30.7 Å². The van der Waals surface area contributed by atoms with Crippen LogP contribution in [0.4, 0.5) is 0 Å². The largest absolute Gasteiger partial charge is 0.383 e. The van der Waals surface area contributed by atoms with Crippen LogP contribution in [0.15, 0.2) is 35.3 Å². The maximum atomic E-state index is 5.07. The molecule has 0 radical (unpaired) electrons. The van der Waals surface area contributed by atoms with Gasteiger partial charge in [-0.1, -0.05) is 30.3 Å². The summed E-state index contributed by atoms with van der Waals surface area (Å²) in [5.41, 5.74) is 1.46. The second kappa shape index (κ2) is 10.8. The number of guanidine groups is 1. The average Bonchev–Trinajstić information content (AvgIpc) is 2.54. The standard InChI is InChI=1S/C17H27N3O.HI/c1-18-17(19-10-13-21-2)20-11-8-16(9-12-20)14-15-6-4-3-5-7-15;/h3-7,16H,8-14H2,1-2H3,(H,18,19);1H. The summed E-state index contributed by atoms with van der Waals surface area (Å²) in [6, 6.07) is 10.8. The maximum absolute atomic E-state index is 5.07. The zero-order valence-electron chi connectivity index (χ0n) is 13.6. The highest BCUT2D eigenvalue weighted by atomic mass is 127. The number of ether oxygens (including phenoxy) is 1. The lowest BCUT2D eigenvalue weighted by Crippen LogP contribution is -2.46. The molecule has 0 aliphatic carbocycles. The molecule has 1 N–H and O–H groups in total. The van der Waals surface area contributed by atoms with Crippen molar-refractivity contribution < 1.29 is 4.74 Å². The molecule has 1 aliphatic rings. The van der Waals surface area contributed by atoms with Crippen LogP contribution in [0.1, 0.15) is 18.4 Å². The van der Waals surface area contributed by atoms with Gasteiger partial charge in [-0.3, -0.25) is 4.99 Å². The molecule has 4 nitrogen and oxygen atoms in total. The minimum absolute atomic E-state index is 0. The Balaban J connectivity index is 0.00000242. The minimum atomic E-state index is 0. The molecule has 0 unspecified atom stereocenters. The van der Waals surface area contributed by atoms with Crippen molar-refractivity contribution in [1.82, 2.24) is 10.2 Å². The fourth-order valence-electron chi connectivity index (χ4n) is 2.89. The number of nitrogens with zero attached hydrogens (tertiary/aromatic N) is 2. The molecular formula is C17H28IN3O. The average molecular weight is 417 g/mol. The third-order valence-corrected chi connectivity index (χ3v) is 4.08. The highest BCUT2D eigenvalue weighted by Gasteiger charge is 2.21. The van der Waals surface area contributed by atoms with Gasteiger partial charge in [-0.25, -0.2) is 0 Å². The quantitative estimate of drug-likeness (QED) is 0.347. The normalized spacial score (nSPS) is 16.3. The van der Waals surface area contributed by atoms with Gasteiger partial charge in [0.2, 0.25) is 0 Å². The lowest BCUT2D eigenvalue weighted by atomic mass is 9.90. The number of aliphatic imine (C=N–C) groups is 1. The minimum Gasteiger partial charge on any atom is -0.383 e. The van der Waals surface area contributed by atoms with Crippen LogP contribution in [-0.2, 0) is 11.2 Å². The van der Waals surface area contributed by atoms with Crippen molar-refractivity contribution in [2.75, 3.05) is 40.4 Å². The molecule has 1 heterocycles. The van der Waals surface area contributed by atoms with Crippen molar-refractivity contribution >= 4 is 29.9 Å². The number of benzene rings is 1. The van der Waals surface area contributed by atoms with Crippen molar-refractivity contribution in [2.24, 2.45) is 10.9 Å². The smallest absolute Gasteiger partial charge is 0.193 e. The molecule has 2 rings (SSSR count). The molecule has 0 amide bonds. The monoisotopic (exact) mass is 417 g/mol. The Labute approximate surface area is 151 Å². The summed E-state index contributed by atoms with van der Waals surface area (Å²) < 4.78 is 5.07. The van der Waals surface area contributed by atoms with E-state index < -0.39 is 0 Å². The van der Waals surface area contributed by atoms with Crippen molar-refractivity contribution in [3.05, 3.63) is 35.9 Å². The first kappa shape index (κ1) is 19.2. The van der Waals surface area contributed by atoms with Gasteiger partial charge in [0.05, 0.1) is 6.61 Å². The van der Waals surface area contributed by atoms with Crippen molar-refractivity contribution in [2.45, 2.75) is 19.3 Å². The molecule has 0 atom stereocenters. The van der Waals surface area contributed by atoms with Gasteiger partial charge in [-0.2, -0.15) is 0 Å². The summed E-state index contributed by atoms with van der Waals surface area (Å²) in [6.45, 7) is 3.70. The molecule has 0 spiro atoms. The Morgan fingerprint density at radius 1 is 1.27 bits per heavy atom. The Morgan fingerprint density at radius 3 is 2.55 bits per heavy atom. The number of hydrogen-bond donors (Lipinski definition) is 1. The highest BCUT2D eigenvalue weighted by Crippen LogP contribution is 2.21. The first-order valence-corrected chi connectivity index (χ1v) is 7.82. The Hall–Kier alpha value is -0.820. The maximum Gasteiger partial charge on any atom is 0.193 e. The second-order valence-corrected chi connectivity index (χ2v) is 5.59. The third-order valence-electron chi connectivity index (χ3n) is 4.08. The molecule has 0 bridgehead atoms. The van der Waals surface area contributed by atoms with Crippen LogP contribution in [0.25, 0.3) is 0 Å². The van der Waals surface area contributed by atoms with Gasteiger partial charge in [0.1, 0.15) is 0 Å². The van der Waals surface area contributed by atoms with Crippen LogP contribution in [0.2, 0.25) is 0 Å². The van der Waals surface area contributed by atoms with Gasteiger partial charge in [-0.15, -0.1) is 24.0 Å². The molecule has 1 saturated heterocycles. The summed E-state index contributed by atoms with van der Waals surface area (Å²) in [5, 5.41) is 3.36. The molecule has 0 aromatic heterocycles. The number of rotatable bonds is 5. The number of methoxy groups -OCH3 is 1. The molecule has 1 aromatic rings. The van der Waals surface area contributed by atoms with Gasteiger partial charge in [0.25, 0.3) is 0 Å². The first-order chi connectivity index (χ1) is 10.3. The lowest BCUT2D eigenvalue weighted by molar-refractivity contribution is 0.200. The SMILES string of the molecule is CN=C(NCCOC)N1CCC(Cc2ccccc2)CC1.I. The van der Waals surface area contributed by atoms with E-state index in [1.165, 1.54) is 24.8 Å². The highest BCUT2D eigenvalue weighted by molar-refractivity contribution is 14.0. The number of nitrogens with one attached hydrogen (secondary N) is 1. The Bertz CT molecular complexity index is 431. The number of likely N-dealkylation sites (tertiary alicyclic amines) is 1. The van der Waals surface area contributed by atoms with E-state index in [1.807, 2.05) is 7.05 Å². The Morgan fingerprint density at radius 2 is 1.95 bits per heavy atom. The number of piperidine rings is 1. The number of hydrogen-bond acceptors (Lipinski definition) is 2. The van der Waals surface area contributed by atoms with E-state index in [0.29, 0.717) is 6.61 Å². The van der Waals surface area contributed by atoms with E-state index in [4.69, 9.17) is 4.74 Å². The van der Waals surface area contributed by atoms with E-state index in [0.717, 1.165) is 31.5 Å². The van der Waals surface area contributed by atoms with E-state index in [2.05, 4.69) is 45.5 Å². The van der Waals surface area contributed by atoms with Crippen LogP contribution in [0.3, 0.4) is 0 Å².